The van der Waals surface area contributed by atoms with Crippen LogP contribution in [0, 0.1) is 5.82 Å². The van der Waals surface area contributed by atoms with E-state index in [0.717, 1.165) is 12.3 Å². The maximum Gasteiger partial charge on any atom is 0.333 e. The van der Waals surface area contributed by atoms with Crippen LogP contribution in [0.15, 0.2) is 42.7 Å². The van der Waals surface area contributed by atoms with Crippen molar-refractivity contribution in [3.05, 3.63) is 54.1 Å². The molecule has 1 unspecified atom stereocenters. The molecule has 0 aliphatic rings. The summed E-state index contributed by atoms with van der Waals surface area (Å²) < 4.78 is 18.5. The number of halogens is 1. The molecule has 5 nitrogen and oxygen atoms in total. The Bertz CT molecular complexity index is 663. The molecule has 0 bridgehead atoms. The van der Waals surface area contributed by atoms with Crippen molar-refractivity contribution in [1.82, 2.24) is 4.98 Å². The molecule has 6 heteroatoms. The van der Waals surface area contributed by atoms with E-state index in [4.69, 9.17) is 4.74 Å². The highest BCUT2D eigenvalue weighted by Crippen LogP contribution is 2.31. The van der Waals surface area contributed by atoms with E-state index in [0.29, 0.717) is 11.4 Å². The first-order valence-electron chi connectivity index (χ1n) is 6.23. The Morgan fingerprint density at radius 2 is 2.10 bits per heavy atom. The predicted molar refractivity (Wildman–Crippen MR) is 75.8 cm³/mol. The van der Waals surface area contributed by atoms with Crippen molar-refractivity contribution >= 4 is 11.7 Å². The van der Waals surface area contributed by atoms with E-state index >= 15 is 0 Å². The van der Waals surface area contributed by atoms with Gasteiger partial charge in [0.15, 0.2) is 5.54 Å². The molecule has 0 saturated heterocycles. The second-order valence-electron chi connectivity index (χ2n) is 4.65. The number of nitrogens with one attached hydrogen (secondary N) is 1. The molecule has 0 fully saturated rings. The van der Waals surface area contributed by atoms with Gasteiger partial charge < -0.3 is 15.2 Å². The lowest BCUT2D eigenvalue weighted by atomic mass is 9.93. The van der Waals surface area contributed by atoms with Gasteiger partial charge in [-0.2, -0.15) is 0 Å². The molecule has 1 atom stereocenters. The van der Waals surface area contributed by atoms with E-state index in [1.54, 1.807) is 24.3 Å². The zero-order chi connectivity index (χ0) is 15.5. The molecular weight excluding hydrogens is 275 g/mol. The summed E-state index contributed by atoms with van der Waals surface area (Å²) in [5, 5.41) is 12.4. The lowest BCUT2D eigenvalue weighted by Gasteiger charge is -2.28. The van der Waals surface area contributed by atoms with Crippen LogP contribution in [0.4, 0.5) is 10.1 Å². The van der Waals surface area contributed by atoms with Gasteiger partial charge in [0, 0.05) is 11.8 Å². The first-order valence-corrected chi connectivity index (χ1v) is 6.23. The summed E-state index contributed by atoms with van der Waals surface area (Å²) in [5.41, 5.74) is -0.834. The summed E-state index contributed by atoms with van der Waals surface area (Å²) in [6, 6.07) is 8.05. The molecule has 2 aromatic rings. The van der Waals surface area contributed by atoms with Crippen LogP contribution in [0.25, 0.3) is 0 Å². The molecule has 0 amide bonds. The average Bonchev–Trinajstić information content (AvgIpc) is 2.47. The van der Waals surface area contributed by atoms with E-state index in [2.05, 4.69) is 10.3 Å². The fourth-order valence-corrected chi connectivity index (χ4v) is 1.95. The highest BCUT2D eigenvalue weighted by Gasteiger charge is 2.36. The number of ether oxygens (including phenoxy) is 1. The number of nitrogens with zero attached hydrogens (tertiary/aromatic N) is 1. The lowest BCUT2D eigenvalue weighted by Crippen LogP contribution is -2.40. The fraction of sp³-hybridized carbons (Fsp3) is 0.200. The number of pyridine rings is 1. The van der Waals surface area contributed by atoms with Crippen LogP contribution in [-0.2, 0) is 10.3 Å². The van der Waals surface area contributed by atoms with Gasteiger partial charge in [-0.3, -0.25) is 4.98 Å². The molecule has 110 valence electrons. The van der Waals surface area contributed by atoms with Gasteiger partial charge in [-0.15, -0.1) is 0 Å². The van der Waals surface area contributed by atoms with E-state index in [-0.39, 0.29) is 5.56 Å². The second-order valence-corrected chi connectivity index (χ2v) is 4.65. The number of para-hydroxylation sites is 2. The van der Waals surface area contributed by atoms with Gasteiger partial charge in [-0.25, -0.2) is 9.18 Å². The zero-order valence-corrected chi connectivity index (χ0v) is 11.6. The fourth-order valence-electron chi connectivity index (χ4n) is 1.95. The van der Waals surface area contributed by atoms with Crippen LogP contribution in [0.5, 0.6) is 5.75 Å². The minimum absolute atomic E-state index is 0.209. The van der Waals surface area contributed by atoms with Crippen LogP contribution < -0.4 is 10.1 Å². The van der Waals surface area contributed by atoms with Crippen LogP contribution in [0.2, 0.25) is 0 Å². The van der Waals surface area contributed by atoms with Gasteiger partial charge in [-0.05, 0) is 25.1 Å². The van der Waals surface area contributed by atoms with Crippen molar-refractivity contribution in [3.8, 4) is 5.75 Å². The Morgan fingerprint density at radius 1 is 1.38 bits per heavy atom. The first kappa shape index (κ1) is 14.8. The normalized spacial score (nSPS) is 13.3. The number of hydrogen-bond donors (Lipinski definition) is 2. The highest BCUT2D eigenvalue weighted by atomic mass is 19.1. The van der Waals surface area contributed by atoms with Gasteiger partial charge in [0.25, 0.3) is 0 Å². The Morgan fingerprint density at radius 3 is 2.71 bits per heavy atom. The number of aliphatic carboxylic acids is 1. The quantitative estimate of drug-likeness (QED) is 0.885. The third-order valence-electron chi connectivity index (χ3n) is 3.20. The Balaban J connectivity index is 2.46. The van der Waals surface area contributed by atoms with Gasteiger partial charge >= 0.3 is 5.97 Å². The van der Waals surface area contributed by atoms with Crippen molar-refractivity contribution < 1.29 is 19.0 Å². The van der Waals surface area contributed by atoms with Gasteiger partial charge in [0.05, 0.1) is 19.0 Å². The molecule has 2 N–H and O–H groups in total. The average molecular weight is 290 g/mol. The molecule has 1 aromatic heterocycles. The number of carbonyl (C=O) groups is 1. The van der Waals surface area contributed by atoms with Crippen molar-refractivity contribution in [3.63, 3.8) is 0 Å². The summed E-state index contributed by atoms with van der Waals surface area (Å²) in [5.74, 6) is -1.25. The third kappa shape index (κ3) is 2.94. The van der Waals surface area contributed by atoms with Crippen molar-refractivity contribution in [2.24, 2.45) is 0 Å². The summed E-state index contributed by atoms with van der Waals surface area (Å²) in [6.45, 7) is 1.44. The monoisotopic (exact) mass is 290 g/mol. The maximum absolute atomic E-state index is 13.3. The summed E-state index contributed by atoms with van der Waals surface area (Å²) >= 11 is 0. The molecule has 0 aliphatic carbocycles. The minimum atomic E-state index is -1.54. The molecular formula is C15H15FN2O3. The predicted octanol–water partition coefficient (Wildman–Crippen LogP) is 2.64. The van der Waals surface area contributed by atoms with Crippen molar-refractivity contribution in [2.75, 3.05) is 12.4 Å². The molecule has 0 aliphatic heterocycles. The lowest BCUT2D eigenvalue weighted by molar-refractivity contribution is -0.142. The van der Waals surface area contributed by atoms with E-state index in [1.807, 2.05) is 0 Å². The van der Waals surface area contributed by atoms with E-state index in [9.17, 15) is 14.3 Å². The zero-order valence-electron chi connectivity index (χ0n) is 11.6. The standard InChI is InChI=1S/C15H15FN2O3/c1-15(14(19)20,10-7-11(16)9-17-8-10)18-12-5-3-4-6-13(12)21-2/h3-9,18H,1-2H3,(H,19,20). The molecule has 1 heterocycles. The number of carboxylic acid groups (broad SMARTS) is 1. The van der Waals surface area contributed by atoms with Crippen LogP contribution >= 0.6 is 0 Å². The first-order chi connectivity index (χ1) is 9.97. The Labute approximate surface area is 121 Å². The number of benzene rings is 1. The smallest absolute Gasteiger partial charge is 0.333 e. The molecule has 0 radical (unpaired) electrons. The number of aromatic nitrogens is 1. The van der Waals surface area contributed by atoms with Gasteiger partial charge in [0.1, 0.15) is 11.6 Å². The van der Waals surface area contributed by atoms with Crippen molar-refractivity contribution in [1.29, 1.82) is 0 Å². The SMILES string of the molecule is COc1ccccc1NC(C)(C(=O)O)c1cncc(F)c1. The molecule has 0 saturated carbocycles. The molecule has 21 heavy (non-hydrogen) atoms. The highest BCUT2D eigenvalue weighted by molar-refractivity contribution is 5.84. The number of anilines is 1. The summed E-state index contributed by atoms with van der Waals surface area (Å²) in [7, 11) is 1.49. The van der Waals surface area contributed by atoms with Crippen LogP contribution in [0.1, 0.15) is 12.5 Å². The van der Waals surface area contributed by atoms with Crippen molar-refractivity contribution in [2.45, 2.75) is 12.5 Å². The maximum atomic E-state index is 13.3. The summed E-state index contributed by atoms with van der Waals surface area (Å²) in [4.78, 5) is 15.4. The Kier molecular flexibility index (Phi) is 4.07. The Hall–Kier alpha value is -2.63. The molecule has 0 spiro atoms. The number of methoxy groups -OCH3 is 1. The third-order valence-corrected chi connectivity index (χ3v) is 3.20. The van der Waals surface area contributed by atoms with Crippen LogP contribution in [-0.4, -0.2) is 23.2 Å². The van der Waals surface area contributed by atoms with Crippen LogP contribution in [0.3, 0.4) is 0 Å². The number of hydrogen-bond acceptors (Lipinski definition) is 4. The van der Waals surface area contributed by atoms with E-state index in [1.165, 1.54) is 20.2 Å². The number of rotatable bonds is 5. The summed E-state index contributed by atoms with van der Waals surface area (Å²) in [6.07, 6.45) is 2.34. The van der Waals surface area contributed by atoms with Gasteiger partial charge in [-0.1, -0.05) is 12.1 Å². The minimum Gasteiger partial charge on any atom is -0.495 e. The number of carboxylic acids is 1. The second kappa shape index (κ2) is 5.78. The largest absolute Gasteiger partial charge is 0.495 e. The van der Waals surface area contributed by atoms with E-state index < -0.39 is 17.3 Å². The topological polar surface area (TPSA) is 71.5 Å². The molecule has 2 rings (SSSR count). The van der Waals surface area contributed by atoms with Gasteiger partial charge in [0.2, 0.25) is 0 Å². The molecule has 1 aromatic carbocycles.